The molecule has 0 aliphatic carbocycles. The molecule has 2 aliphatic heterocycles. The molecule has 0 aromatic heterocycles. The van der Waals surface area contributed by atoms with Gasteiger partial charge in [-0.15, -0.1) is 5.06 Å². The molecule has 4 rings (SSSR count). The first kappa shape index (κ1) is 23.4. The lowest BCUT2D eigenvalue weighted by molar-refractivity contribution is -0.200. The van der Waals surface area contributed by atoms with Crippen molar-refractivity contribution in [1.29, 1.82) is 0 Å². The predicted molar refractivity (Wildman–Crippen MR) is 128 cm³/mol. The highest BCUT2D eigenvalue weighted by atomic mass is 16.7. The fourth-order valence-corrected chi connectivity index (χ4v) is 4.47. The number of benzene rings is 2. The molecule has 1 unspecified atom stereocenters. The minimum atomic E-state index is -0.914. The Morgan fingerprint density at radius 3 is 2.24 bits per heavy atom. The maximum atomic E-state index is 13.9. The number of rotatable bonds is 5. The van der Waals surface area contributed by atoms with E-state index in [2.05, 4.69) is 6.08 Å². The Bertz CT molecular complexity index is 1170. The standard InChI is InChI=1S/C27H28N2O5/c1-18(25(32)34-29-23(30)14-15-24(29)31)16-27(2,3)26(33)28-17-21-10-5-4-8-19(21)12-13-20-9-6-7-11-22(20)28/h4-13,18H,14-17H2,1-3H3/b13-12-. The van der Waals surface area contributed by atoms with Crippen LogP contribution < -0.4 is 4.90 Å². The summed E-state index contributed by atoms with van der Waals surface area (Å²) < 4.78 is 0. The number of anilines is 1. The van der Waals surface area contributed by atoms with Crippen LogP contribution in [0.3, 0.4) is 0 Å². The maximum absolute atomic E-state index is 13.9. The van der Waals surface area contributed by atoms with Gasteiger partial charge in [0, 0.05) is 18.3 Å². The average Bonchev–Trinajstić information content (AvgIpc) is 3.12. The van der Waals surface area contributed by atoms with Crippen LogP contribution in [0.4, 0.5) is 5.69 Å². The summed E-state index contributed by atoms with van der Waals surface area (Å²) in [4.78, 5) is 56.9. The van der Waals surface area contributed by atoms with Crippen LogP contribution in [-0.2, 0) is 30.6 Å². The molecule has 0 saturated carbocycles. The number of amides is 3. The molecule has 2 heterocycles. The van der Waals surface area contributed by atoms with Gasteiger partial charge in [0.1, 0.15) is 0 Å². The number of hydrogen-bond donors (Lipinski definition) is 0. The van der Waals surface area contributed by atoms with E-state index in [0.29, 0.717) is 11.6 Å². The van der Waals surface area contributed by atoms with Crippen molar-refractivity contribution in [3.05, 3.63) is 65.2 Å². The molecule has 3 amide bonds. The van der Waals surface area contributed by atoms with E-state index in [1.54, 1.807) is 25.7 Å². The smallest absolute Gasteiger partial charge is 0.330 e. The molecule has 7 heteroatoms. The minimum Gasteiger partial charge on any atom is -0.330 e. The number of hydrogen-bond acceptors (Lipinski definition) is 5. The lowest BCUT2D eigenvalue weighted by atomic mass is 9.81. The Balaban J connectivity index is 1.57. The number of para-hydroxylation sites is 1. The SMILES string of the molecule is CC(CC(C)(C)C(=O)N1Cc2ccccc2/C=C\c2ccccc21)C(=O)ON1C(=O)CCC1=O. The summed E-state index contributed by atoms with van der Waals surface area (Å²) in [5.41, 5.74) is 2.89. The van der Waals surface area contributed by atoms with E-state index >= 15 is 0 Å². The van der Waals surface area contributed by atoms with Crippen molar-refractivity contribution < 1.29 is 24.0 Å². The molecule has 176 valence electrons. The van der Waals surface area contributed by atoms with Gasteiger partial charge < -0.3 is 9.74 Å². The van der Waals surface area contributed by atoms with E-state index in [4.69, 9.17) is 4.84 Å². The molecule has 0 radical (unpaired) electrons. The molecule has 1 saturated heterocycles. The van der Waals surface area contributed by atoms with E-state index < -0.39 is 29.1 Å². The zero-order valence-corrected chi connectivity index (χ0v) is 19.6. The molecular weight excluding hydrogens is 432 g/mol. The number of hydroxylamine groups is 2. The van der Waals surface area contributed by atoms with E-state index in [1.807, 2.05) is 54.6 Å². The van der Waals surface area contributed by atoms with Crippen molar-refractivity contribution in [2.75, 3.05) is 4.90 Å². The molecule has 7 nitrogen and oxygen atoms in total. The van der Waals surface area contributed by atoms with Crippen LogP contribution in [0.25, 0.3) is 12.2 Å². The summed E-state index contributed by atoms with van der Waals surface area (Å²) in [5.74, 6) is -2.57. The Morgan fingerprint density at radius 2 is 1.53 bits per heavy atom. The number of carbonyl (C=O) groups is 4. The first-order valence-corrected chi connectivity index (χ1v) is 11.4. The largest absolute Gasteiger partial charge is 0.336 e. The highest BCUT2D eigenvalue weighted by Crippen LogP contribution is 2.35. The second-order valence-electron chi connectivity index (χ2n) is 9.46. The predicted octanol–water partition coefficient (Wildman–Crippen LogP) is 4.36. The summed E-state index contributed by atoms with van der Waals surface area (Å²) in [6.07, 6.45) is 4.32. The van der Waals surface area contributed by atoms with Crippen molar-refractivity contribution >= 4 is 41.5 Å². The van der Waals surface area contributed by atoms with Crippen molar-refractivity contribution in [1.82, 2.24) is 5.06 Å². The van der Waals surface area contributed by atoms with Crippen LogP contribution in [0.15, 0.2) is 48.5 Å². The fraction of sp³-hybridized carbons (Fsp3) is 0.333. The fourth-order valence-electron chi connectivity index (χ4n) is 4.47. The maximum Gasteiger partial charge on any atom is 0.336 e. The Labute approximate surface area is 198 Å². The summed E-state index contributed by atoms with van der Waals surface area (Å²) in [6, 6.07) is 15.7. The molecule has 2 aliphatic rings. The third-order valence-corrected chi connectivity index (χ3v) is 6.28. The molecule has 34 heavy (non-hydrogen) atoms. The first-order chi connectivity index (χ1) is 16.2. The van der Waals surface area contributed by atoms with Crippen molar-refractivity contribution in [2.45, 2.75) is 46.6 Å². The Hall–Kier alpha value is -3.74. The summed E-state index contributed by atoms with van der Waals surface area (Å²) in [5, 5.41) is 0.547. The lowest BCUT2D eigenvalue weighted by Gasteiger charge is -2.35. The van der Waals surface area contributed by atoms with Gasteiger partial charge >= 0.3 is 5.97 Å². The van der Waals surface area contributed by atoms with E-state index in [-0.39, 0.29) is 25.2 Å². The van der Waals surface area contributed by atoms with Gasteiger partial charge in [0.05, 0.1) is 18.2 Å². The van der Waals surface area contributed by atoms with Crippen molar-refractivity contribution in [3.8, 4) is 0 Å². The molecule has 2 aromatic carbocycles. The van der Waals surface area contributed by atoms with Gasteiger partial charge in [-0.25, -0.2) is 4.79 Å². The number of fused-ring (bicyclic) bond motifs is 2. The number of nitrogens with zero attached hydrogens (tertiary/aromatic N) is 2. The highest BCUT2D eigenvalue weighted by Gasteiger charge is 2.39. The van der Waals surface area contributed by atoms with Crippen LogP contribution in [0.5, 0.6) is 0 Å². The lowest BCUT2D eigenvalue weighted by Crippen LogP contribution is -2.43. The monoisotopic (exact) mass is 460 g/mol. The first-order valence-electron chi connectivity index (χ1n) is 11.4. The van der Waals surface area contributed by atoms with E-state index in [1.165, 1.54) is 0 Å². The van der Waals surface area contributed by atoms with Gasteiger partial charge in [-0.3, -0.25) is 14.4 Å². The zero-order chi connectivity index (χ0) is 24.5. The molecule has 0 bridgehead atoms. The third-order valence-electron chi connectivity index (χ3n) is 6.28. The Kier molecular flexibility index (Phi) is 6.37. The van der Waals surface area contributed by atoms with Crippen LogP contribution >= 0.6 is 0 Å². The van der Waals surface area contributed by atoms with Crippen molar-refractivity contribution in [2.24, 2.45) is 11.3 Å². The second-order valence-corrected chi connectivity index (χ2v) is 9.46. The average molecular weight is 461 g/mol. The third kappa shape index (κ3) is 4.64. The van der Waals surface area contributed by atoms with Gasteiger partial charge in [0.2, 0.25) is 5.91 Å². The van der Waals surface area contributed by atoms with Gasteiger partial charge in [-0.1, -0.05) is 75.4 Å². The number of carbonyl (C=O) groups excluding carboxylic acids is 4. The summed E-state index contributed by atoms with van der Waals surface area (Å²) in [7, 11) is 0. The van der Waals surface area contributed by atoms with Crippen LogP contribution in [0.1, 0.15) is 56.7 Å². The second kappa shape index (κ2) is 9.25. The molecule has 0 N–H and O–H groups in total. The molecule has 1 atom stereocenters. The van der Waals surface area contributed by atoms with Crippen LogP contribution in [-0.4, -0.2) is 28.8 Å². The summed E-state index contributed by atoms with van der Waals surface area (Å²) >= 11 is 0. The number of imide groups is 1. The molecule has 2 aromatic rings. The normalized spacial score (nSPS) is 17.4. The minimum absolute atomic E-state index is 0.0365. The van der Waals surface area contributed by atoms with E-state index in [9.17, 15) is 19.2 Å². The van der Waals surface area contributed by atoms with Crippen LogP contribution in [0.2, 0.25) is 0 Å². The Morgan fingerprint density at radius 1 is 0.941 bits per heavy atom. The zero-order valence-electron chi connectivity index (χ0n) is 19.6. The van der Waals surface area contributed by atoms with Crippen molar-refractivity contribution in [3.63, 3.8) is 0 Å². The highest BCUT2D eigenvalue weighted by molar-refractivity contribution is 6.02. The van der Waals surface area contributed by atoms with Gasteiger partial charge in [-0.05, 0) is 29.2 Å². The van der Waals surface area contributed by atoms with Crippen LogP contribution in [0, 0.1) is 11.3 Å². The van der Waals surface area contributed by atoms with Gasteiger partial charge in [0.15, 0.2) is 0 Å². The van der Waals surface area contributed by atoms with Gasteiger partial charge in [0.25, 0.3) is 11.8 Å². The topological polar surface area (TPSA) is 84.0 Å². The molecule has 1 fully saturated rings. The molecule has 0 spiro atoms. The van der Waals surface area contributed by atoms with E-state index in [0.717, 1.165) is 22.4 Å². The quantitative estimate of drug-likeness (QED) is 0.619. The summed E-state index contributed by atoms with van der Waals surface area (Å²) in [6.45, 7) is 5.64. The molecular formula is C27H28N2O5. The van der Waals surface area contributed by atoms with Gasteiger partial charge in [-0.2, -0.15) is 0 Å².